The summed E-state index contributed by atoms with van der Waals surface area (Å²) < 4.78 is 1.91. The van der Waals surface area contributed by atoms with Gasteiger partial charge in [0.05, 0.1) is 5.69 Å². The number of alkyl halides is 1. The van der Waals surface area contributed by atoms with Crippen molar-refractivity contribution in [2.75, 3.05) is 11.9 Å². The highest BCUT2D eigenvalue weighted by atomic mass is 35.5. The Kier molecular flexibility index (Phi) is 4.34. The number of aromatic nitrogens is 3. The van der Waals surface area contributed by atoms with Crippen LogP contribution in [0.2, 0.25) is 0 Å². The molecule has 3 rings (SSSR count). The maximum Gasteiger partial charge on any atom is 0.152 e. The lowest BCUT2D eigenvalue weighted by molar-refractivity contribution is 0.378. The summed E-state index contributed by atoms with van der Waals surface area (Å²) in [5.41, 5.74) is 2.16. The Morgan fingerprint density at radius 2 is 2.29 bits per heavy atom. The molecule has 2 heterocycles. The molecule has 0 spiro atoms. The third kappa shape index (κ3) is 3.31. The molecule has 0 saturated heterocycles. The molecule has 21 heavy (non-hydrogen) atoms. The zero-order valence-electron chi connectivity index (χ0n) is 12.7. The third-order valence-corrected chi connectivity index (χ3v) is 4.67. The number of anilines is 1. The quantitative estimate of drug-likeness (QED) is 0.866. The number of nitrogens with one attached hydrogen (secondary N) is 1. The molecular weight excluding hydrogens is 284 g/mol. The molecule has 0 aromatic carbocycles. The fourth-order valence-electron chi connectivity index (χ4n) is 3.01. The first-order chi connectivity index (χ1) is 10.1. The van der Waals surface area contributed by atoms with Crippen LogP contribution < -0.4 is 5.32 Å². The summed E-state index contributed by atoms with van der Waals surface area (Å²) in [6.45, 7) is 5.26. The van der Waals surface area contributed by atoms with E-state index in [1.807, 2.05) is 10.7 Å². The molecule has 2 aromatic heterocycles. The Labute approximate surface area is 130 Å². The minimum absolute atomic E-state index is 0.344. The highest BCUT2D eigenvalue weighted by Crippen LogP contribution is 2.28. The Bertz CT molecular complexity index is 607. The summed E-state index contributed by atoms with van der Waals surface area (Å²) in [5, 5.41) is 8.44. The van der Waals surface area contributed by atoms with E-state index in [0.717, 1.165) is 36.4 Å². The Morgan fingerprint density at radius 1 is 1.43 bits per heavy atom. The molecule has 114 valence electrons. The zero-order valence-corrected chi connectivity index (χ0v) is 13.5. The van der Waals surface area contributed by atoms with E-state index in [-0.39, 0.29) is 0 Å². The van der Waals surface area contributed by atoms with Crippen molar-refractivity contribution in [1.29, 1.82) is 0 Å². The van der Waals surface area contributed by atoms with Gasteiger partial charge in [0.1, 0.15) is 5.52 Å². The molecule has 0 aliphatic heterocycles. The van der Waals surface area contributed by atoms with Crippen molar-refractivity contribution in [2.45, 2.75) is 50.8 Å². The lowest BCUT2D eigenvalue weighted by Gasteiger charge is -2.25. The predicted molar refractivity (Wildman–Crippen MR) is 87.2 cm³/mol. The summed E-state index contributed by atoms with van der Waals surface area (Å²) in [5.74, 6) is 2.00. The van der Waals surface area contributed by atoms with E-state index in [2.05, 4.69) is 35.3 Å². The van der Waals surface area contributed by atoms with E-state index < -0.39 is 0 Å². The van der Waals surface area contributed by atoms with Crippen LogP contribution in [0.1, 0.15) is 51.1 Å². The normalized spacial score (nSPS) is 22.9. The van der Waals surface area contributed by atoms with Gasteiger partial charge in [-0.1, -0.05) is 20.3 Å². The average molecular weight is 307 g/mol. The first-order valence-corrected chi connectivity index (χ1v) is 8.29. The molecule has 5 heteroatoms. The lowest BCUT2D eigenvalue weighted by atomic mass is 9.89. The van der Waals surface area contributed by atoms with Gasteiger partial charge in [-0.3, -0.25) is 0 Å². The molecule has 4 nitrogen and oxygen atoms in total. The minimum atomic E-state index is 0.344. The number of nitrogens with zero attached hydrogens (tertiary/aromatic N) is 3. The van der Waals surface area contributed by atoms with Crippen molar-refractivity contribution < 1.29 is 0 Å². The van der Waals surface area contributed by atoms with Gasteiger partial charge < -0.3 is 5.32 Å². The second kappa shape index (κ2) is 6.22. The van der Waals surface area contributed by atoms with Gasteiger partial charge in [-0.05, 0) is 37.2 Å². The van der Waals surface area contributed by atoms with Crippen molar-refractivity contribution in [3.05, 3.63) is 24.2 Å². The Balaban J connectivity index is 1.74. The van der Waals surface area contributed by atoms with Gasteiger partial charge in [-0.25, -0.2) is 9.50 Å². The summed E-state index contributed by atoms with van der Waals surface area (Å²) in [6, 6.07) is 2.13. The fraction of sp³-hybridized carbons (Fsp3) is 0.625. The van der Waals surface area contributed by atoms with Gasteiger partial charge in [0.25, 0.3) is 0 Å². The molecule has 0 radical (unpaired) electrons. The maximum absolute atomic E-state index is 6.27. The van der Waals surface area contributed by atoms with Gasteiger partial charge in [0.2, 0.25) is 0 Å². The van der Waals surface area contributed by atoms with Crippen LogP contribution in [-0.4, -0.2) is 26.5 Å². The highest BCUT2D eigenvalue weighted by molar-refractivity contribution is 6.20. The topological polar surface area (TPSA) is 42.2 Å². The zero-order chi connectivity index (χ0) is 14.8. The van der Waals surface area contributed by atoms with Crippen LogP contribution in [-0.2, 0) is 0 Å². The number of hydrogen-bond acceptors (Lipinski definition) is 3. The Morgan fingerprint density at radius 3 is 3.05 bits per heavy atom. The van der Waals surface area contributed by atoms with Gasteiger partial charge in [-0.2, -0.15) is 5.10 Å². The molecule has 2 unspecified atom stereocenters. The molecule has 0 bridgehead atoms. The smallest absolute Gasteiger partial charge is 0.152 e. The third-order valence-electron chi connectivity index (χ3n) is 4.28. The minimum Gasteiger partial charge on any atom is -0.368 e. The fourth-order valence-corrected chi connectivity index (χ4v) is 3.42. The van der Waals surface area contributed by atoms with Crippen molar-refractivity contribution in [2.24, 2.45) is 5.92 Å². The molecule has 1 aliphatic carbocycles. The molecule has 1 aliphatic rings. The number of hydrogen-bond donors (Lipinski definition) is 1. The maximum atomic E-state index is 6.27. The van der Waals surface area contributed by atoms with E-state index >= 15 is 0 Å². The van der Waals surface area contributed by atoms with Crippen LogP contribution in [0, 0.1) is 5.92 Å². The van der Waals surface area contributed by atoms with Crippen molar-refractivity contribution in [1.82, 2.24) is 14.6 Å². The second-order valence-electron chi connectivity index (χ2n) is 6.34. The molecule has 0 amide bonds. The molecular formula is C16H23ClN4. The Hall–Kier alpha value is -1.29. The molecule has 2 aromatic rings. The molecule has 1 saturated carbocycles. The number of halogens is 1. The average Bonchev–Trinajstić information content (AvgIpc) is 2.90. The van der Waals surface area contributed by atoms with Crippen LogP contribution in [0.25, 0.3) is 5.52 Å². The highest BCUT2D eigenvalue weighted by Gasteiger charge is 2.20. The summed E-state index contributed by atoms with van der Waals surface area (Å²) >= 11 is 6.27. The first-order valence-electron chi connectivity index (χ1n) is 7.85. The monoisotopic (exact) mass is 306 g/mol. The van der Waals surface area contributed by atoms with Crippen LogP contribution in [0.4, 0.5) is 5.82 Å². The van der Waals surface area contributed by atoms with Crippen molar-refractivity contribution in [3.8, 4) is 0 Å². The SMILES string of the molecule is CC(C)c1cc2c(NCC3CCCC(Cl)C3)nccn2n1. The van der Waals surface area contributed by atoms with Gasteiger partial charge >= 0.3 is 0 Å². The molecule has 1 fully saturated rings. The lowest BCUT2D eigenvalue weighted by Crippen LogP contribution is -2.22. The van der Waals surface area contributed by atoms with Crippen molar-refractivity contribution in [3.63, 3.8) is 0 Å². The predicted octanol–water partition coefficient (Wildman–Crippen LogP) is 4.06. The van der Waals surface area contributed by atoms with Crippen LogP contribution >= 0.6 is 11.6 Å². The summed E-state index contributed by atoms with van der Waals surface area (Å²) in [6.07, 6.45) is 8.47. The molecule has 1 N–H and O–H groups in total. The van der Waals surface area contributed by atoms with Crippen LogP contribution in [0.5, 0.6) is 0 Å². The van der Waals surface area contributed by atoms with E-state index in [0.29, 0.717) is 17.2 Å². The van der Waals surface area contributed by atoms with E-state index in [9.17, 15) is 0 Å². The van der Waals surface area contributed by atoms with E-state index in [4.69, 9.17) is 11.6 Å². The van der Waals surface area contributed by atoms with Gasteiger partial charge in [0, 0.05) is 24.3 Å². The number of rotatable bonds is 4. The second-order valence-corrected chi connectivity index (χ2v) is 6.96. The standard InChI is InChI=1S/C16H23ClN4/c1-11(2)14-9-15-16(18-6-7-21(15)20-14)19-10-12-4-3-5-13(17)8-12/h6-7,9,11-13H,3-5,8,10H2,1-2H3,(H,18,19). The number of fused-ring (bicyclic) bond motifs is 1. The molecule has 2 atom stereocenters. The van der Waals surface area contributed by atoms with Gasteiger partial charge in [0.15, 0.2) is 5.82 Å². The van der Waals surface area contributed by atoms with Crippen LogP contribution in [0.3, 0.4) is 0 Å². The summed E-state index contributed by atoms with van der Waals surface area (Å²) in [7, 11) is 0. The van der Waals surface area contributed by atoms with Gasteiger partial charge in [-0.15, -0.1) is 11.6 Å². The largest absolute Gasteiger partial charge is 0.368 e. The van der Waals surface area contributed by atoms with E-state index in [1.54, 1.807) is 6.20 Å². The van der Waals surface area contributed by atoms with E-state index in [1.165, 1.54) is 12.8 Å². The van der Waals surface area contributed by atoms with Crippen LogP contribution in [0.15, 0.2) is 18.5 Å². The van der Waals surface area contributed by atoms with Crippen molar-refractivity contribution >= 4 is 22.9 Å². The first kappa shape index (κ1) is 14.6. The summed E-state index contributed by atoms with van der Waals surface area (Å²) in [4.78, 5) is 4.48.